The van der Waals surface area contributed by atoms with Gasteiger partial charge in [0.2, 0.25) is 11.8 Å². The summed E-state index contributed by atoms with van der Waals surface area (Å²) in [5, 5.41) is 17.3. The smallest absolute Gasteiger partial charge is 0.407 e. The maximum Gasteiger partial charge on any atom is 0.407 e. The van der Waals surface area contributed by atoms with Crippen LogP contribution in [0, 0.1) is 5.92 Å². The average Bonchev–Trinajstić information content (AvgIpc) is 3.16. The van der Waals surface area contributed by atoms with E-state index in [4.69, 9.17) is 0 Å². The third-order valence-electron chi connectivity index (χ3n) is 7.94. The second kappa shape index (κ2) is 9.49. The Morgan fingerprint density at radius 3 is 2.60 bits per heavy atom. The van der Waals surface area contributed by atoms with Crippen molar-refractivity contribution in [3.63, 3.8) is 0 Å². The number of fused-ring (bicyclic) bond motifs is 1. The summed E-state index contributed by atoms with van der Waals surface area (Å²) >= 11 is 0. The Bertz CT molecular complexity index is 1140. The van der Waals surface area contributed by atoms with E-state index in [0.29, 0.717) is 31.8 Å². The van der Waals surface area contributed by atoms with Crippen LogP contribution < -0.4 is 10.2 Å². The number of benzene rings is 1. The number of aryl methyl sites for hydroxylation is 1. The second-order valence-corrected chi connectivity index (χ2v) is 10.2. The number of imide groups is 1. The lowest BCUT2D eigenvalue weighted by Gasteiger charge is -2.42. The van der Waals surface area contributed by atoms with Crippen LogP contribution in [-0.4, -0.2) is 87.9 Å². The van der Waals surface area contributed by atoms with E-state index in [0.717, 1.165) is 61.3 Å². The minimum absolute atomic E-state index is 0.214. The van der Waals surface area contributed by atoms with Crippen molar-refractivity contribution in [1.82, 2.24) is 24.9 Å². The number of piperazine rings is 1. The molecule has 3 aliphatic heterocycles. The maximum atomic E-state index is 12.4. The van der Waals surface area contributed by atoms with E-state index >= 15 is 0 Å². The SMILES string of the molecule is C[C@@H]1CN(C(=O)O)CCN1CC1CCN(c2ccc3c(C4CCC(=O)NC4=O)nn(C)c3c2)CC1. The molecular weight excluding hydrogens is 448 g/mol. The molecule has 2 N–H and O–H groups in total. The minimum Gasteiger partial charge on any atom is -0.465 e. The first-order chi connectivity index (χ1) is 16.8. The lowest BCUT2D eigenvalue weighted by molar-refractivity contribution is -0.134. The second-order valence-electron chi connectivity index (χ2n) is 10.2. The molecule has 1 unspecified atom stereocenters. The normalized spacial score (nSPS) is 24.7. The molecule has 0 spiro atoms. The van der Waals surface area contributed by atoms with Gasteiger partial charge in [-0.25, -0.2) is 4.79 Å². The number of carbonyl (C=O) groups is 3. The highest BCUT2D eigenvalue weighted by Gasteiger charge is 2.32. The summed E-state index contributed by atoms with van der Waals surface area (Å²) in [6.07, 6.45) is 2.23. The highest BCUT2D eigenvalue weighted by atomic mass is 16.4. The van der Waals surface area contributed by atoms with Gasteiger partial charge in [-0.3, -0.25) is 24.5 Å². The molecule has 3 aliphatic rings. The number of aromatic nitrogens is 2. The zero-order chi connectivity index (χ0) is 24.7. The third-order valence-corrected chi connectivity index (χ3v) is 7.94. The first kappa shape index (κ1) is 23.6. The monoisotopic (exact) mass is 482 g/mol. The van der Waals surface area contributed by atoms with Crippen LogP contribution >= 0.6 is 0 Å². The third kappa shape index (κ3) is 4.71. The highest BCUT2D eigenvalue weighted by Crippen LogP contribution is 2.33. The fraction of sp³-hybridized carbons (Fsp3) is 0.600. The average molecular weight is 483 g/mol. The Morgan fingerprint density at radius 1 is 1.14 bits per heavy atom. The van der Waals surface area contributed by atoms with Gasteiger partial charge in [-0.05, 0) is 50.3 Å². The van der Waals surface area contributed by atoms with Crippen LogP contribution in [0.25, 0.3) is 10.9 Å². The first-order valence-corrected chi connectivity index (χ1v) is 12.6. The van der Waals surface area contributed by atoms with Gasteiger partial charge in [-0.1, -0.05) is 0 Å². The molecule has 0 aliphatic carbocycles. The molecule has 3 amide bonds. The molecule has 1 aromatic carbocycles. The predicted octanol–water partition coefficient (Wildman–Crippen LogP) is 1.99. The van der Waals surface area contributed by atoms with Crippen LogP contribution in [0.15, 0.2) is 18.2 Å². The largest absolute Gasteiger partial charge is 0.465 e. The van der Waals surface area contributed by atoms with E-state index in [1.54, 1.807) is 0 Å². The van der Waals surface area contributed by atoms with E-state index in [-0.39, 0.29) is 17.9 Å². The van der Waals surface area contributed by atoms with Crippen molar-refractivity contribution in [3.8, 4) is 0 Å². The van der Waals surface area contributed by atoms with Gasteiger partial charge >= 0.3 is 6.09 Å². The molecule has 3 fully saturated rings. The number of nitrogens with zero attached hydrogens (tertiary/aromatic N) is 5. The minimum atomic E-state index is -0.820. The fourth-order valence-electron chi connectivity index (χ4n) is 5.83. The van der Waals surface area contributed by atoms with Gasteiger partial charge in [0.15, 0.2) is 0 Å². The van der Waals surface area contributed by atoms with Crippen molar-refractivity contribution in [3.05, 3.63) is 23.9 Å². The Hall–Kier alpha value is -3.14. The van der Waals surface area contributed by atoms with Crippen molar-refractivity contribution in [2.45, 2.75) is 44.6 Å². The summed E-state index contributed by atoms with van der Waals surface area (Å²) in [5.74, 6) is -0.248. The number of rotatable bonds is 4. The van der Waals surface area contributed by atoms with Crippen molar-refractivity contribution in [1.29, 1.82) is 0 Å². The van der Waals surface area contributed by atoms with Gasteiger partial charge in [0.25, 0.3) is 0 Å². The Morgan fingerprint density at radius 2 is 1.91 bits per heavy atom. The van der Waals surface area contributed by atoms with Gasteiger partial charge in [0, 0.05) is 69.9 Å². The molecule has 2 atom stereocenters. The molecule has 2 aromatic rings. The van der Waals surface area contributed by atoms with Crippen molar-refractivity contribution in [2.24, 2.45) is 13.0 Å². The summed E-state index contributed by atoms with van der Waals surface area (Å²) in [7, 11) is 1.90. The zero-order valence-corrected chi connectivity index (χ0v) is 20.4. The molecule has 1 aromatic heterocycles. The van der Waals surface area contributed by atoms with E-state index in [9.17, 15) is 19.5 Å². The first-order valence-electron chi connectivity index (χ1n) is 12.6. The van der Waals surface area contributed by atoms with Gasteiger partial charge in [0.1, 0.15) is 0 Å². The zero-order valence-electron chi connectivity index (χ0n) is 20.4. The van der Waals surface area contributed by atoms with Crippen LogP contribution in [0.4, 0.5) is 10.5 Å². The van der Waals surface area contributed by atoms with Crippen molar-refractivity contribution in [2.75, 3.05) is 44.2 Å². The molecule has 188 valence electrons. The number of amides is 3. The highest BCUT2D eigenvalue weighted by molar-refractivity contribution is 6.02. The number of piperidine rings is 2. The van der Waals surface area contributed by atoms with Crippen molar-refractivity contribution < 1.29 is 19.5 Å². The number of nitrogens with one attached hydrogen (secondary N) is 1. The fourth-order valence-corrected chi connectivity index (χ4v) is 5.83. The predicted molar refractivity (Wildman–Crippen MR) is 131 cm³/mol. The van der Waals surface area contributed by atoms with Gasteiger partial charge in [-0.2, -0.15) is 5.10 Å². The Balaban J connectivity index is 1.22. The number of hydrogen-bond acceptors (Lipinski definition) is 6. The molecule has 0 bridgehead atoms. The lowest BCUT2D eigenvalue weighted by Crippen LogP contribution is -2.54. The van der Waals surface area contributed by atoms with Crippen LogP contribution in [-0.2, 0) is 16.6 Å². The van der Waals surface area contributed by atoms with Crippen LogP contribution in [0.3, 0.4) is 0 Å². The summed E-state index contributed by atoms with van der Waals surface area (Å²) in [6.45, 7) is 7.09. The number of carbonyl (C=O) groups excluding carboxylic acids is 2. The molecule has 0 radical (unpaired) electrons. The molecule has 35 heavy (non-hydrogen) atoms. The Kier molecular flexibility index (Phi) is 6.39. The summed E-state index contributed by atoms with van der Waals surface area (Å²) in [6, 6.07) is 6.59. The molecule has 3 saturated heterocycles. The summed E-state index contributed by atoms with van der Waals surface area (Å²) in [4.78, 5) is 41.6. The van der Waals surface area contributed by atoms with E-state index in [1.165, 1.54) is 4.90 Å². The number of hydrogen-bond donors (Lipinski definition) is 2. The standard InChI is InChI=1S/C25H34N6O4/c1-16-14-31(25(34)35)12-11-30(16)15-17-7-9-29(10-8-17)18-3-4-19-21(13-18)28(2)27-23(19)20-5-6-22(32)26-24(20)33/h3-4,13,16-17,20H,5-12,14-15H2,1-2H3,(H,34,35)(H,26,32,33)/t16-,20?/m1/s1. The van der Waals surface area contributed by atoms with Crippen LogP contribution in [0.5, 0.6) is 0 Å². The van der Waals surface area contributed by atoms with E-state index in [1.807, 2.05) is 11.7 Å². The van der Waals surface area contributed by atoms with Crippen LogP contribution in [0.1, 0.15) is 44.2 Å². The molecule has 4 heterocycles. The van der Waals surface area contributed by atoms with Gasteiger partial charge in [-0.15, -0.1) is 0 Å². The topological polar surface area (TPSA) is 111 Å². The molecular formula is C25H34N6O4. The number of anilines is 1. The summed E-state index contributed by atoms with van der Waals surface area (Å²) in [5.41, 5.74) is 2.90. The maximum absolute atomic E-state index is 12.4. The van der Waals surface area contributed by atoms with Crippen LogP contribution in [0.2, 0.25) is 0 Å². The van der Waals surface area contributed by atoms with E-state index in [2.05, 4.69) is 45.3 Å². The van der Waals surface area contributed by atoms with Gasteiger partial charge < -0.3 is 14.9 Å². The summed E-state index contributed by atoms with van der Waals surface area (Å²) < 4.78 is 1.84. The van der Waals surface area contributed by atoms with E-state index < -0.39 is 12.0 Å². The number of carboxylic acid groups (broad SMARTS) is 1. The van der Waals surface area contributed by atoms with Gasteiger partial charge in [0.05, 0.1) is 17.1 Å². The molecule has 10 heteroatoms. The Labute approximate surface area is 204 Å². The lowest BCUT2D eigenvalue weighted by atomic mass is 9.92. The molecule has 0 saturated carbocycles. The van der Waals surface area contributed by atoms with Crippen molar-refractivity contribution >= 4 is 34.5 Å². The molecule has 10 nitrogen and oxygen atoms in total. The molecule has 5 rings (SSSR count). The quantitative estimate of drug-likeness (QED) is 0.641.